The Morgan fingerprint density at radius 3 is 3.00 bits per heavy atom. The van der Waals surface area contributed by atoms with Crippen LogP contribution in [0.4, 0.5) is 0 Å². The van der Waals surface area contributed by atoms with Crippen molar-refractivity contribution in [2.75, 3.05) is 6.26 Å². The molecule has 11 heavy (non-hydrogen) atoms. The molecule has 1 aliphatic rings. The summed E-state index contributed by atoms with van der Waals surface area (Å²) in [7, 11) is 0.0657. The molecule has 0 N–H and O–H groups in total. The van der Waals surface area contributed by atoms with E-state index in [0.29, 0.717) is 0 Å². The maximum atomic E-state index is 5.23. The molecule has 0 bridgehead atoms. The van der Waals surface area contributed by atoms with Gasteiger partial charge in [0.05, 0.1) is 4.21 Å². The lowest BCUT2D eigenvalue weighted by Gasteiger charge is -1.90. The van der Waals surface area contributed by atoms with Crippen LogP contribution in [-0.2, 0) is 33.5 Å². The van der Waals surface area contributed by atoms with Gasteiger partial charge in [-0.15, -0.1) is 11.3 Å². The van der Waals surface area contributed by atoms with Gasteiger partial charge in [-0.2, -0.15) is 0 Å². The summed E-state index contributed by atoms with van der Waals surface area (Å²) in [5.74, 6) is 0. The Bertz CT molecular complexity index is 277. The fraction of sp³-hybridized carbons (Fsp3) is 0.500. The normalized spacial score (nSPS) is 18.3. The van der Waals surface area contributed by atoms with Crippen LogP contribution in [0.3, 0.4) is 0 Å². The van der Waals surface area contributed by atoms with E-state index in [9.17, 15) is 0 Å². The molecular formula is C8H10S3. The van der Waals surface area contributed by atoms with Crippen molar-refractivity contribution in [3.8, 4) is 0 Å². The third kappa shape index (κ3) is 1.42. The minimum Gasteiger partial charge on any atom is -0.133 e. The van der Waals surface area contributed by atoms with Gasteiger partial charge in [-0.3, -0.25) is 0 Å². The Morgan fingerprint density at radius 2 is 2.36 bits per heavy atom. The predicted octanol–water partition coefficient (Wildman–Crippen LogP) is 2.31. The predicted molar refractivity (Wildman–Crippen MR) is 55.3 cm³/mol. The van der Waals surface area contributed by atoms with Crippen LogP contribution < -0.4 is 0 Å². The van der Waals surface area contributed by atoms with E-state index < -0.39 is 0 Å². The summed E-state index contributed by atoms with van der Waals surface area (Å²) in [4.78, 5) is 1.60. The zero-order valence-electron chi connectivity index (χ0n) is 6.42. The number of hydrogen-bond donors (Lipinski definition) is 0. The van der Waals surface area contributed by atoms with Gasteiger partial charge in [0.2, 0.25) is 0 Å². The van der Waals surface area contributed by atoms with Gasteiger partial charge in [0.25, 0.3) is 0 Å². The highest BCUT2D eigenvalue weighted by Gasteiger charge is 2.14. The Balaban J connectivity index is 2.42. The standard InChI is InChI=1S/C8H10S3/c1-11(9)8-5-6-3-2-4-7(6)10-8/h5H,2-4H2,1H3. The highest BCUT2D eigenvalue weighted by Crippen LogP contribution is 2.31. The second-order valence-corrected chi connectivity index (χ2v) is 7.06. The molecule has 0 aromatic carbocycles. The fourth-order valence-electron chi connectivity index (χ4n) is 1.44. The zero-order valence-corrected chi connectivity index (χ0v) is 8.87. The number of fused-ring (bicyclic) bond motifs is 1. The highest BCUT2D eigenvalue weighted by atomic mass is 32.8. The molecule has 2 rings (SSSR count). The molecule has 0 amide bonds. The van der Waals surface area contributed by atoms with Crippen molar-refractivity contribution < 1.29 is 0 Å². The third-order valence-corrected chi connectivity index (χ3v) is 5.58. The van der Waals surface area contributed by atoms with Gasteiger partial charge in [-0.05, 0) is 48.3 Å². The molecule has 1 aromatic heterocycles. The maximum absolute atomic E-state index is 5.23. The molecule has 0 saturated heterocycles. The molecular weight excluding hydrogens is 192 g/mol. The zero-order chi connectivity index (χ0) is 7.84. The first-order valence-electron chi connectivity index (χ1n) is 3.72. The lowest BCUT2D eigenvalue weighted by atomic mass is 10.3. The largest absolute Gasteiger partial charge is 0.133 e. The Hall–Kier alpha value is 0.270. The van der Waals surface area contributed by atoms with Crippen molar-refractivity contribution in [3.63, 3.8) is 0 Å². The summed E-state index contributed by atoms with van der Waals surface area (Å²) >= 11 is 7.17. The van der Waals surface area contributed by atoms with Gasteiger partial charge in [0.15, 0.2) is 0 Å². The van der Waals surface area contributed by atoms with Crippen LogP contribution in [0.1, 0.15) is 16.9 Å². The second kappa shape index (κ2) is 2.96. The quantitative estimate of drug-likeness (QED) is 0.673. The second-order valence-electron chi connectivity index (χ2n) is 2.82. The van der Waals surface area contributed by atoms with Crippen LogP contribution in [0.2, 0.25) is 0 Å². The monoisotopic (exact) mass is 202 g/mol. The smallest absolute Gasteiger partial charge is 0.0644 e. The molecule has 1 aliphatic carbocycles. The van der Waals surface area contributed by atoms with Gasteiger partial charge in [0.1, 0.15) is 0 Å². The van der Waals surface area contributed by atoms with Crippen LogP contribution in [0.15, 0.2) is 10.3 Å². The number of rotatable bonds is 1. The molecule has 1 aromatic rings. The van der Waals surface area contributed by atoms with E-state index in [4.69, 9.17) is 11.2 Å². The van der Waals surface area contributed by atoms with Crippen LogP contribution in [0.5, 0.6) is 0 Å². The molecule has 0 aliphatic heterocycles. The summed E-state index contributed by atoms with van der Waals surface area (Å²) in [6.07, 6.45) is 6.07. The van der Waals surface area contributed by atoms with E-state index in [-0.39, 0.29) is 9.45 Å². The van der Waals surface area contributed by atoms with Crippen LogP contribution in [0, 0.1) is 0 Å². The first-order valence-corrected chi connectivity index (χ1v) is 7.10. The molecule has 3 heteroatoms. The van der Waals surface area contributed by atoms with Gasteiger partial charge in [0, 0.05) is 4.88 Å². The first kappa shape index (κ1) is 7.90. The maximum Gasteiger partial charge on any atom is 0.0644 e. The summed E-state index contributed by atoms with van der Waals surface area (Å²) in [5.41, 5.74) is 1.58. The Morgan fingerprint density at radius 1 is 1.55 bits per heavy atom. The van der Waals surface area contributed by atoms with E-state index in [1.54, 1.807) is 10.4 Å². The highest BCUT2D eigenvalue weighted by molar-refractivity contribution is 8.29. The molecule has 60 valence electrons. The number of aryl methyl sites for hydroxylation is 2. The van der Waals surface area contributed by atoms with Gasteiger partial charge >= 0.3 is 0 Å². The average molecular weight is 202 g/mol. The van der Waals surface area contributed by atoms with Gasteiger partial charge < -0.3 is 0 Å². The first-order chi connectivity index (χ1) is 5.27. The minimum absolute atomic E-state index is 0.0657. The van der Waals surface area contributed by atoms with Crippen molar-refractivity contribution in [3.05, 3.63) is 16.5 Å². The molecule has 0 saturated carbocycles. The number of hydrogen-bond acceptors (Lipinski definition) is 2. The molecule has 0 nitrogen and oxygen atoms in total. The van der Waals surface area contributed by atoms with Crippen molar-refractivity contribution in [2.24, 2.45) is 0 Å². The molecule has 1 heterocycles. The summed E-state index contributed by atoms with van der Waals surface area (Å²) in [6, 6.07) is 2.32. The van der Waals surface area contributed by atoms with Crippen molar-refractivity contribution in [2.45, 2.75) is 23.5 Å². The Labute approximate surface area is 78.2 Å². The van der Waals surface area contributed by atoms with Gasteiger partial charge in [-0.25, -0.2) is 0 Å². The van der Waals surface area contributed by atoms with Crippen molar-refractivity contribution in [1.29, 1.82) is 0 Å². The Kier molecular flexibility index (Phi) is 2.12. The average Bonchev–Trinajstić information content (AvgIpc) is 2.40. The van der Waals surface area contributed by atoms with Crippen LogP contribution in [-0.4, -0.2) is 6.26 Å². The molecule has 1 atom stereocenters. The lowest BCUT2D eigenvalue weighted by Crippen LogP contribution is -1.79. The SMILES string of the molecule is CS(=S)c1cc2c(s1)CCC2. The van der Waals surface area contributed by atoms with Crippen LogP contribution >= 0.6 is 11.3 Å². The van der Waals surface area contributed by atoms with E-state index in [1.165, 1.54) is 23.5 Å². The fourth-order valence-corrected chi connectivity index (χ4v) is 3.96. The molecule has 0 radical (unpaired) electrons. The summed E-state index contributed by atoms with van der Waals surface area (Å²) < 4.78 is 1.42. The summed E-state index contributed by atoms with van der Waals surface area (Å²) in [6.45, 7) is 0. The van der Waals surface area contributed by atoms with Crippen molar-refractivity contribution >= 4 is 32.0 Å². The van der Waals surface area contributed by atoms with Crippen LogP contribution in [0.25, 0.3) is 0 Å². The molecule has 0 spiro atoms. The molecule has 1 unspecified atom stereocenters. The topological polar surface area (TPSA) is 0 Å². The van der Waals surface area contributed by atoms with Gasteiger partial charge in [-0.1, -0.05) is 9.45 Å². The third-order valence-electron chi connectivity index (χ3n) is 2.01. The van der Waals surface area contributed by atoms with E-state index in [2.05, 4.69) is 12.3 Å². The van der Waals surface area contributed by atoms with Crippen molar-refractivity contribution in [1.82, 2.24) is 0 Å². The number of thiophene rings is 1. The van der Waals surface area contributed by atoms with E-state index in [1.807, 2.05) is 11.3 Å². The molecule has 0 fully saturated rings. The van der Waals surface area contributed by atoms with E-state index >= 15 is 0 Å². The van der Waals surface area contributed by atoms with E-state index in [0.717, 1.165) is 0 Å². The minimum atomic E-state index is 0.0657. The summed E-state index contributed by atoms with van der Waals surface area (Å²) in [5, 5.41) is 0. The lowest BCUT2D eigenvalue weighted by molar-refractivity contribution is 0.913.